The predicted molar refractivity (Wildman–Crippen MR) is 115 cm³/mol. The van der Waals surface area contributed by atoms with Crippen LogP contribution in [0.4, 0.5) is 8.78 Å². The number of nitrogens with zero attached hydrogens (tertiary/aromatic N) is 1. The second-order valence-electron chi connectivity index (χ2n) is 7.21. The number of thiophene rings is 1. The summed E-state index contributed by atoms with van der Waals surface area (Å²) in [6.07, 6.45) is -2.78. The van der Waals surface area contributed by atoms with Crippen molar-refractivity contribution in [3.05, 3.63) is 63.0 Å². The van der Waals surface area contributed by atoms with Crippen LogP contribution in [0.2, 0.25) is 0 Å². The fourth-order valence-corrected chi connectivity index (χ4v) is 4.68. The molecule has 7 heteroatoms. The highest BCUT2D eigenvalue weighted by Crippen LogP contribution is 2.39. The lowest BCUT2D eigenvalue weighted by molar-refractivity contribution is 0.147. The van der Waals surface area contributed by atoms with Crippen LogP contribution in [0, 0.1) is 6.92 Å². The molecule has 150 valence electrons. The number of nitrogens with one attached hydrogen (secondary N) is 2. The highest BCUT2D eigenvalue weighted by molar-refractivity contribution is 7.17. The first kappa shape index (κ1) is 19.7. The molecule has 0 amide bonds. The Hall–Kier alpha value is -2.64. The number of aromatic nitrogens is 2. The SMILES string of the molecule is CNC[C@H](C)c1ccc(-c2c(C)nc(C(F)F)c3[nH]c(=O)c4sccc4c23)cc1. The number of pyridine rings is 2. The lowest BCUT2D eigenvalue weighted by Gasteiger charge is -2.16. The van der Waals surface area contributed by atoms with Crippen molar-refractivity contribution in [3.8, 4) is 11.1 Å². The van der Waals surface area contributed by atoms with Crippen molar-refractivity contribution in [1.29, 1.82) is 0 Å². The number of benzene rings is 1. The number of alkyl halides is 2. The molecule has 0 saturated carbocycles. The first-order chi connectivity index (χ1) is 13.9. The quantitative estimate of drug-likeness (QED) is 0.462. The third-order valence-corrected chi connectivity index (χ3v) is 6.18. The first-order valence-corrected chi connectivity index (χ1v) is 10.3. The molecule has 29 heavy (non-hydrogen) atoms. The van der Waals surface area contributed by atoms with Crippen molar-refractivity contribution < 1.29 is 8.78 Å². The van der Waals surface area contributed by atoms with Crippen LogP contribution < -0.4 is 10.9 Å². The van der Waals surface area contributed by atoms with E-state index in [9.17, 15) is 13.6 Å². The van der Waals surface area contributed by atoms with Crippen LogP contribution in [0.25, 0.3) is 32.1 Å². The minimum Gasteiger partial charge on any atom is -0.319 e. The van der Waals surface area contributed by atoms with Gasteiger partial charge in [0.2, 0.25) is 0 Å². The normalized spacial score (nSPS) is 12.9. The summed E-state index contributed by atoms with van der Waals surface area (Å²) < 4.78 is 27.9. The van der Waals surface area contributed by atoms with E-state index in [0.29, 0.717) is 27.1 Å². The highest BCUT2D eigenvalue weighted by Gasteiger charge is 2.22. The molecular formula is C22H21F2N3OS. The Morgan fingerprint density at radius 2 is 1.93 bits per heavy atom. The van der Waals surface area contributed by atoms with Gasteiger partial charge in [-0.3, -0.25) is 4.79 Å². The fraction of sp³-hybridized carbons (Fsp3) is 0.273. The van der Waals surface area contributed by atoms with Crippen LogP contribution in [0.3, 0.4) is 0 Å². The average Bonchev–Trinajstić information content (AvgIpc) is 3.19. The molecular weight excluding hydrogens is 392 g/mol. The second-order valence-corrected chi connectivity index (χ2v) is 8.12. The molecule has 0 aliphatic carbocycles. The highest BCUT2D eigenvalue weighted by atomic mass is 32.1. The molecule has 3 aromatic heterocycles. The van der Waals surface area contributed by atoms with E-state index in [1.807, 2.05) is 30.6 Å². The number of rotatable bonds is 5. The van der Waals surface area contributed by atoms with E-state index >= 15 is 0 Å². The summed E-state index contributed by atoms with van der Waals surface area (Å²) in [6.45, 7) is 4.75. The van der Waals surface area contributed by atoms with Gasteiger partial charge < -0.3 is 10.3 Å². The third-order valence-electron chi connectivity index (χ3n) is 5.27. The number of H-pyrrole nitrogens is 1. The average molecular weight is 413 g/mol. The van der Waals surface area contributed by atoms with Crippen molar-refractivity contribution >= 4 is 32.3 Å². The number of likely N-dealkylation sites (N-methyl/N-ethyl adjacent to an activating group) is 1. The number of halogens is 2. The predicted octanol–water partition coefficient (Wildman–Crippen LogP) is 5.37. The lowest BCUT2D eigenvalue weighted by Crippen LogP contribution is -2.14. The van der Waals surface area contributed by atoms with Gasteiger partial charge in [-0.15, -0.1) is 11.3 Å². The zero-order valence-corrected chi connectivity index (χ0v) is 17.2. The van der Waals surface area contributed by atoms with Gasteiger partial charge in [-0.25, -0.2) is 13.8 Å². The molecule has 1 atom stereocenters. The van der Waals surface area contributed by atoms with Crippen molar-refractivity contribution in [2.45, 2.75) is 26.2 Å². The third kappa shape index (κ3) is 3.34. The summed E-state index contributed by atoms with van der Waals surface area (Å²) in [5, 5.41) is 6.29. The van der Waals surface area contributed by atoms with E-state index in [1.165, 1.54) is 16.9 Å². The van der Waals surface area contributed by atoms with Crippen LogP contribution in [-0.4, -0.2) is 23.6 Å². The van der Waals surface area contributed by atoms with E-state index in [4.69, 9.17) is 0 Å². The molecule has 4 nitrogen and oxygen atoms in total. The first-order valence-electron chi connectivity index (χ1n) is 9.39. The van der Waals surface area contributed by atoms with Gasteiger partial charge in [0.1, 0.15) is 10.4 Å². The second kappa shape index (κ2) is 7.65. The summed E-state index contributed by atoms with van der Waals surface area (Å²) in [6, 6.07) is 9.92. The zero-order chi connectivity index (χ0) is 20.7. The molecule has 3 heterocycles. The van der Waals surface area contributed by atoms with E-state index in [0.717, 1.165) is 17.7 Å². The van der Waals surface area contributed by atoms with Gasteiger partial charge >= 0.3 is 0 Å². The molecule has 0 aliphatic heterocycles. The number of hydrogen-bond acceptors (Lipinski definition) is 4. The Morgan fingerprint density at radius 3 is 2.59 bits per heavy atom. The standard InChI is InChI=1S/C22H21F2N3OS/c1-11(10-25-3)13-4-6-14(7-5-13)16-12(2)26-19(21(23)24)18-17(16)15-8-9-29-20(15)22(28)27-18/h4-9,11,21,25H,10H2,1-3H3,(H,27,28)/t11-/m0/s1. The summed E-state index contributed by atoms with van der Waals surface area (Å²) >= 11 is 1.31. The van der Waals surface area contributed by atoms with Crippen LogP contribution >= 0.6 is 11.3 Å². The minimum absolute atomic E-state index is 0.115. The molecule has 0 saturated heterocycles. The smallest absolute Gasteiger partial charge is 0.282 e. The van der Waals surface area contributed by atoms with Crippen molar-refractivity contribution in [3.63, 3.8) is 0 Å². The van der Waals surface area contributed by atoms with Gasteiger partial charge in [0.05, 0.1) is 5.52 Å². The molecule has 0 aliphatic rings. The number of hydrogen-bond donors (Lipinski definition) is 2. The maximum atomic E-state index is 13.7. The van der Waals surface area contributed by atoms with E-state index in [2.05, 4.69) is 34.3 Å². The van der Waals surface area contributed by atoms with Crippen LogP contribution in [0.15, 0.2) is 40.5 Å². The maximum absolute atomic E-state index is 13.7. The van der Waals surface area contributed by atoms with Crippen LogP contribution in [0.1, 0.15) is 36.2 Å². The Balaban J connectivity index is 2.02. The Labute approximate surface area is 170 Å². The Morgan fingerprint density at radius 1 is 1.21 bits per heavy atom. The summed E-state index contributed by atoms with van der Waals surface area (Å²) in [5.41, 5.74) is 2.74. The van der Waals surface area contributed by atoms with Gasteiger partial charge in [0.25, 0.3) is 12.0 Å². The minimum atomic E-state index is -2.78. The van der Waals surface area contributed by atoms with Crippen LogP contribution in [-0.2, 0) is 0 Å². The molecule has 2 N–H and O–H groups in total. The number of fused-ring (bicyclic) bond motifs is 3. The largest absolute Gasteiger partial charge is 0.319 e. The summed E-state index contributed by atoms with van der Waals surface area (Å²) in [4.78, 5) is 19.2. The summed E-state index contributed by atoms with van der Waals surface area (Å²) in [5.74, 6) is 0.353. The number of aryl methyl sites for hydroxylation is 1. The Bertz CT molecular complexity index is 1250. The molecule has 0 unspecified atom stereocenters. The van der Waals surface area contributed by atoms with Gasteiger partial charge in [-0.2, -0.15) is 0 Å². The maximum Gasteiger partial charge on any atom is 0.282 e. The molecule has 0 radical (unpaired) electrons. The monoisotopic (exact) mass is 413 g/mol. The molecule has 4 aromatic rings. The fourth-order valence-electron chi connectivity index (χ4n) is 3.89. The van der Waals surface area contributed by atoms with E-state index in [1.54, 1.807) is 6.92 Å². The lowest BCUT2D eigenvalue weighted by atomic mass is 9.93. The van der Waals surface area contributed by atoms with E-state index < -0.39 is 6.43 Å². The van der Waals surface area contributed by atoms with Crippen molar-refractivity contribution in [2.24, 2.45) is 0 Å². The van der Waals surface area contributed by atoms with Gasteiger partial charge in [-0.1, -0.05) is 31.2 Å². The summed E-state index contributed by atoms with van der Waals surface area (Å²) in [7, 11) is 1.92. The van der Waals surface area contributed by atoms with E-state index in [-0.39, 0.29) is 16.8 Å². The molecule has 0 bridgehead atoms. The number of aromatic amines is 1. The van der Waals surface area contributed by atoms with Gasteiger partial charge in [-0.05, 0) is 42.5 Å². The van der Waals surface area contributed by atoms with Crippen molar-refractivity contribution in [2.75, 3.05) is 13.6 Å². The van der Waals surface area contributed by atoms with Gasteiger partial charge in [0, 0.05) is 28.6 Å². The molecule has 1 aromatic carbocycles. The molecule has 0 spiro atoms. The Kier molecular flexibility index (Phi) is 5.19. The van der Waals surface area contributed by atoms with Crippen LogP contribution in [0.5, 0.6) is 0 Å². The van der Waals surface area contributed by atoms with Gasteiger partial charge in [0.15, 0.2) is 0 Å². The topological polar surface area (TPSA) is 57.8 Å². The molecule has 0 fully saturated rings. The zero-order valence-electron chi connectivity index (χ0n) is 16.3. The molecule has 4 rings (SSSR count). The van der Waals surface area contributed by atoms with Crippen molar-refractivity contribution in [1.82, 2.24) is 15.3 Å².